The molecule has 1 amide bonds. The fourth-order valence-corrected chi connectivity index (χ4v) is 2.39. The summed E-state index contributed by atoms with van der Waals surface area (Å²) < 4.78 is 49.4. The SMILES string of the molecule is CC1Oc2ccccc2OC1C(=O)Nc1cccc(C(F)(F)F)c1. The zero-order chi connectivity index (χ0) is 17.3. The van der Waals surface area contributed by atoms with Crippen molar-refractivity contribution < 1.29 is 27.4 Å². The summed E-state index contributed by atoms with van der Waals surface area (Å²) in [6.45, 7) is 1.66. The largest absolute Gasteiger partial charge is 0.482 e. The maximum absolute atomic E-state index is 12.7. The molecule has 24 heavy (non-hydrogen) atoms. The molecule has 0 saturated carbocycles. The topological polar surface area (TPSA) is 47.6 Å². The molecule has 0 radical (unpaired) electrons. The lowest BCUT2D eigenvalue weighted by atomic mass is 10.1. The van der Waals surface area contributed by atoms with E-state index in [0.29, 0.717) is 11.5 Å². The van der Waals surface area contributed by atoms with E-state index in [-0.39, 0.29) is 5.69 Å². The molecule has 0 aliphatic carbocycles. The Bertz CT molecular complexity index is 761. The Labute approximate surface area is 136 Å². The molecule has 1 N–H and O–H groups in total. The fourth-order valence-electron chi connectivity index (χ4n) is 2.39. The molecule has 2 aromatic rings. The van der Waals surface area contributed by atoms with Crippen molar-refractivity contribution >= 4 is 11.6 Å². The third kappa shape index (κ3) is 3.29. The molecule has 4 nitrogen and oxygen atoms in total. The second-order valence-electron chi connectivity index (χ2n) is 5.38. The maximum atomic E-state index is 12.7. The molecule has 126 valence electrons. The quantitative estimate of drug-likeness (QED) is 0.905. The minimum atomic E-state index is -4.47. The Morgan fingerprint density at radius 1 is 1.04 bits per heavy atom. The number of hydrogen-bond acceptors (Lipinski definition) is 3. The number of para-hydroxylation sites is 2. The molecule has 1 heterocycles. The maximum Gasteiger partial charge on any atom is 0.416 e. The van der Waals surface area contributed by atoms with Gasteiger partial charge in [0.1, 0.15) is 6.10 Å². The van der Waals surface area contributed by atoms with Crippen molar-refractivity contribution in [2.45, 2.75) is 25.3 Å². The van der Waals surface area contributed by atoms with E-state index >= 15 is 0 Å². The summed E-state index contributed by atoms with van der Waals surface area (Å²) in [6, 6.07) is 11.3. The molecule has 0 spiro atoms. The highest BCUT2D eigenvalue weighted by Crippen LogP contribution is 2.34. The van der Waals surface area contributed by atoms with Crippen LogP contribution in [-0.2, 0) is 11.0 Å². The number of amides is 1. The molecular formula is C17H14F3NO3. The molecule has 1 aliphatic rings. The lowest BCUT2D eigenvalue weighted by Crippen LogP contribution is -2.46. The van der Waals surface area contributed by atoms with Crippen LogP contribution in [0.25, 0.3) is 0 Å². The first-order valence-corrected chi connectivity index (χ1v) is 7.25. The van der Waals surface area contributed by atoms with Crippen LogP contribution in [0.5, 0.6) is 11.5 Å². The van der Waals surface area contributed by atoms with E-state index in [1.807, 2.05) is 0 Å². The molecular weight excluding hydrogens is 323 g/mol. The van der Waals surface area contributed by atoms with E-state index in [1.165, 1.54) is 12.1 Å². The number of carbonyl (C=O) groups is 1. The summed E-state index contributed by atoms with van der Waals surface area (Å²) in [5.74, 6) is 0.365. The van der Waals surface area contributed by atoms with Crippen molar-refractivity contribution in [3.63, 3.8) is 0 Å². The van der Waals surface area contributed by atoms with Crippen molar-refractivity contribution in [1.29, 1.82) is 0 Å². The molecule has 2 atom stereocenters. The lowest BCUT2D eigenvalue weighted by molar-refractivity contribution is -0.137. The van der Waals surface area contributed by atoms with Crippen molar-refractivity contribution in [2.24, 2.45) is 0 Å². The van der Waals surface area contributed by atoms with E-state index in [2.05, 4.69) is 5.32 Å². The predicted molar refractivity (Wildman–Crippen MR) is 81.0 cm³/mol. The average Bonchev–Trinajstić information content (AvgIpc) is 2.53. The van der Waals surface area contributed by atoms with Gasteiger partial charge in [0.25, 0.3) is 5.91 Å². The summed E-state index contributed by atoms with van der Waals surface area (Å²) in [7, 11) is 0. The number of carbonyl (C=O) groups excluding carboxylic acids is 1. The van der Waals surface area contributed by atoms with Crippen LogP contribution < -0.4 is 14.8 Å². The van der Waals surface area contributed by atoms with Gasteiger partial charge in [-0.1, -0.05) is 18.2 Å². The van der Waals surface area contributed by atoms with E-state index in [0.717, 1.165) is 12.1 Å². The van der Waals surface area contributed by atoms with Gasteiger partial charge >= 0.3 is 6.18 Å². The number of ether oxygens (including phenoxy) is 2. The summed E-state index contributed by atoms with van der Waals surface area (Å²) in [5.41, 5.74) is -0.788. The smallest absolute Gasteiger partial charge is 0.416 e. The van der Waals surface area contributed by atoms with Crippen LogP contribution in [-0.4, -0.2) is 18.1 Å². The second-order valence-corrected chi connectivity index (χ2v) is 5.38. The molecule has 7 heteroatoms. The first kappa shape index (κ1) is 16.2. The van der Waals surface area contributed by atoms with Gasteiger partial charge < -0.3 is 14.8 Å². The lowest BCUT2D eigenvalue weighted by Gasteiger charge is -2.31. The Morgan fingerprint density at radius 2 is 1.71 bits per heavy atom. The van der Waals surface area contributed by atoms with Gasteiger partial charge in [-0.25, -0.2) is 0 Å². The molecule has 0 aromatic heterocycles. The first-order chi connectivity index (χ1) is 11.3. The molecule has 2 aromatic carbocycles. The van der Waals surface area contributed by atoms with Gasteiger partial charge in [-0.15, -0.1) is 0 Å². The molecule has 0 saturated heterocycles. The number of halogens is 3. The van der Waals surface area contributed by atoms with Gasteiger partial charge in [0.05, 0.1) is 5.56 Å². The highest BCUT2D eigenvalue weighted by Gasteiger charge is 2.35. The van der Waals surface area contributed by atoms with Crippen molar-refractivity contribution in [3.8, 4) is 11.5 Å². The Kier molecular flexibility index (Phi) is 4.09. The Balaban J connectivity index is 1.76. The van der Waals surface area contributed by atoms with Crippen LogP contribution in [0, 0.1) is 0 Å². The fraction of sp³-hybridized carbons (Fsp3) is 0.235. The summed E-state index contributed by atoms with van der Waals surface area (Å²) in [4.78, 5) is 12.4. The van der Waals surface area contributed by atoms with Crippen LogP contribution in [0.2, 0.25) is 0 Å². The van der Waals surface area contributed by atoms with E-state index < -0.39 is 29.9 Å². The summed E-state index contributed by atoms with van der Waals surface area (Å²) in [6.07, 6.45) is -6.02. The number of hydrogen-bond donors (Lipinski definition) is 1. The molecule has 3 rings (SSSR count). The average molecular weight is 337 g/mol. The van der Waals surface area contributed by atoms with Gasteiger partial charge in [-0.2, -0.15) is 13.2 Å². The van der Waals surface area contributed by atoms with Gasteiger partial charge in [0.15, 0.2) is 11.5 Å². The zero-order valence-corrected chi connectivity index (χ0v) is 12.6. The van der Waals surface area contributed by atoms with E-state index in [9.17, 15) is 18.0 Å². The Morgan fingerprint density at radius 3 is 2.38 bits per heavy atom. The number of benzene rings is 2. The standard InChI is InChI=1S/C17H14F3NO3/c1-10-15(24-14-8-3-2-7-13(14)23-10)16(22)21-12-6-4-5-11(9-12)17(18,19)20/h2-10,15H,1H3,(H,21,22). The van der Waals surface area contributed by atoms with Crippen molar-refractivity contribution in [3.05, 3.63) is 54.1 Å². The molecule has 0 fully saturated rings. The van der Waals surface area contributed by atoms with Crippen LogP contribution in [0.1, 0.15) is 12.5 Å². The van der Waals surface area contributed by atoms with Gasteiger partial charge in [0, 0.05) is 5.69 Å². The minimum Gasteiger partial charge on any atom is -0.482 e. The number of anilines is 1. The number of fused-ring (bicyclic) bond motifs is 1. The zero-order valence-electron chi connectivity index (χ0n) is 12.6. The molecule has 1 aliphatic heterocycles. The minimum absolute atomic E-state index is 0.0458. The third-order valence-corrected chi connectivity index (χ3v) is 3.56. The van der Waals surface area contributed by atoms with Gasteiger partial charge in [0.2, 0.25) is 6.10 Å². The number of alkyl halides is 3. The van der Waals surface area contributed by atoms with Crippen molar-refractivity contribution in [1.82, 2.24) is 0 Å². The first-order valence-electron chi connectivity index (χ1n) is 7.25. The van der Waals surface area contributed by atoms with Crippen LogP contribution in [0.3, 0.4) is 0 Å². The molecule has 0 bridgehead atoms. The van der Waals surface area contributed by atoms with Gasteiger partial charge in [-0.3, -0.25) is 4.79 Å². The van der Waals surface area contributed by atoms with E-state index in [4.69, 9.17) is 9.47 Å². The molecule has 2 unspecified atom stereocenters. The van der Waals surface area contributed by atoms with Crippen LogP contribution in [0.4, 0.5) is 18.9 Å². The predicted octanol–water partition coefficient (Wildman–Crippen LogP) is 3.87. The number of rotatable bonds is 2. The van der Waals surface area contributed by atoms with Gasteiger partial charge in [-0.05, 0) is 37.3 Å². The van der Waals surface area contributed by atoms with Crippen LogP contribution in [0.15, 0.2) is 48.5 Å². The Hall–Kier alpha value is -2.70. The van der Waals surface area contributed by atoms with Crippen LogP contribution >= 0.6 is 0 Å². The monoisotopic (exact) mass is 337 g/mol. The normalized spacial score (nSPS) is 19.7. The second kappa shape index (κ2) is 6.07. The van der Waals surface area contributed by atoms with E-state index in [1.54, 1.807) is 31.2 Å². The highest BCUT2D eigenvalue weighted by molar-refractivity contribution is 5.95. The summed E-state index contributed by atoms with van der Waals surface area (Å²) in [5, 5.41) is 2.44. The number of nitrogens with one attached hydrogen (secondary N) is 1. The summed E-state index contributed by atoms with van der Waals surface area (Å²) >= 11 is 0. The van der Waals surface area contributed by atoms with Crippen molar-refractivity contribution in [2.75, 3.05) is 5.32 Å². The highest BCUT2D eigenvalue weighted by atomic mass is 19.4. The third-order valence-electron chi connectivity index (χ3n) is 3.56.